The van der Waals surface area contributed by atoms with Gasteiger partial charge in [0, 0.05) is 30.1 Å². The van der Waals surface area contributed by atoms with Crippen LogP contribution in [-0.4, -0.2) is 30.3 Å². The quantitative estimate of drug-likeness (QED) is 0.569. The second kappa shape index (κ2) is 7.65. The summed E-state index contributed by atoms with van der Waals surface area (Å²) in [4.78, 5) is 14.0. The molecule has 4 heteroatoms. The Kier molecular flexibility index (Phi) is 6.51. The van der Waals surface area contributed by atoms with Gasteiger partial charge in [0.25, 0.3) is 5.91 Å². The minimum Gasteiger partial charge on any atom is -0.342 e. The van der Waals surface area contributed by atoms with Gasteiger partial charge in [-0.2, -0.15) is 0 Å². The topological polar surface area (TPSA) is 20.3 Å². The van der Waals surface area contributed by atoms with E-state index in [0.717, 1.165) is 31.4 Å². The van der Waals surface area contributed by atoms with E-state index in [1.165, 1.54) is 0 Å². The van der Waals surface area contributed by atoms with Gasteiger partial charge in [-0.1, -0.05) is 24.1 Å². The van der Waals surface area contributed by atoms with Gasteiger partial charge in [0.2, 0.25) is 0 Å². The molecule has 1 aromatic carbocycles. The van der Waals surface area contributed by atoms with E-state index in [1.807, 2.05) is 26.1 Å². The van der Waals surface area contributed by atoms with E-state index in [-0.39, 0.29) is 5.91 Å². The van der Waals surface area contributed by atoms with Gasteiger partial charge < -0.3 is 4.90 Å². The lowest BCUT2D eigenvalue weighted by molar-refractivity contribution is 0.0792. The van der Waals surface area contributed by atoms with Gasteiger partial charge in [-0.25, -0.2) is 0 Å². The molecule has 1 amide bonds. The third-order valence-electron chi connectivity index (χ3n) is 2.97. The summed E-state index contributed by atoms with van der Waals surface area (Å²) in [5, 5.41) is 0.636. The zero-order valence-electron chi connectivity index (χ0n) is 10.9. The SMILES string of the molecule is Cc1c(Cl)cccc1C(=O)N(C)CCCCCCl. The number of halogens is 2. The minimum atomic E-state index is 0.0286. The lowest BCUT2D eigenvalue weighted by Crippen LogP contribution is -2.28. The number of alkyl halides is 1. The molecule has 1 rings (SSSR count). The van der Waals surface area contributed by atoms with Crippen LogP contribution in [0.1, 0.15) is 35.2 Å². The Morgan fingerprint density at radius 2 is 2.00 bits per heavy atom. The molecule has 0 aliphatic rings. The summed E-state index contributed by atoms with van der Waals surface area (Å²) in [5.74, 6) is 0.714. The van der Waals surface area contributed by atoms with E-state index in [0.29, 0.717) is 16.5 Å². The molecular formula is C14H19Cl2NO. The molecule has 0 unspecified atom stereocenters. The van der Waals surface area contributed by atoms with E-state index < -0.39 is 0 Å². The summed E-state index contributed by atoms with van der Waals surface area (Å²) >= 11 is 11.6. The highest BCUT2D eigenvalue weighted by Gasteiger charge is 2.14. The maximum absolute atomic E-state index is 12.2. The molecule has 0 saturated carbocycles. The van der Waals surface area contributed by atoms with Gasteiger partial charge in [0.15, 0.2) is 0 Å². The van der Waals surface area contributed by atoms with Crippen molar-refractivity contribution in [3.8, 4) is 0 Å². The monoisotopic (exact) mass is 287 g/mol. The summed E-state index contributed by atoms with van der Waals surface area (Å²) in [6.45, 7) is 2.62. The number of rotatable bonds is 6. The first-order chi connectivity index (χ1) is 8.57. The molecule has 0 spiro atoms. The van der Waals surface area contributed by atoms with E-state index in [9.17, 15) is 4.79 Å². The average Bonchev–Trinajstić information content (AvgIpc) is 2.37. The molecule has 0 aliphatic carbocycles. The first kappa shape index (κ1) is 15.3. The maximum atomic E-state index is 12.2. The first-order valence-corrected chi connectivity index (χ1v) is 7.05. The normalized spacial score (nSPS) is 10.4. The largest absolute Gasteiger partial charge is 0.342 e. The second-order valence-electron chi connectivity index (χ2n) is 4.39. The highest BCUT2D eigenvalue weighted by molar-refractivity contribution is 6.31. The van der Waals surface area contributed by atoms with Crippen LogP contribution in [0.3, 0.4) is 0 Å². The van der Waals surface area contributed by atoms with Crippen LogP contribution < -0.4 is 0 Å². The summed E-state index contributed by atoms with van der Waals surface area (Å²) in [6.07, 6.45) is 3.03. The fourth-order valence-corrected chi connectivity index (χ4v) is 2.13. The van der Waals surface area contributed by atoms with Gasteiger partial charge >= 0.3 is 0 Å². The Balaban J connectivity index is 2.60. The van der Waals surface area contributed by atoms with E-state index in [1.54, 1.807) is 11.0 Å². The predicted octanol–water partition coefficient (Wildman–Crippen LogP) is 4.13. The Morgan fingerprint density at radius 3 is 2.67 bits per heavy atom. The second-order valence-corrected chi connectivity index (χ2v) is 5.17. The number of amides is 1. The van der Waals surface area contributed by atoms with Crippen molar-refractivity contribution < 1.29 is 4.79 Å². The van der Waals surface area contributed by atoms with Crippen molar-refractivity contribution in [3.05, 3.63) is 34.3 Å². The number of hydrogen-bond donors (Lipinski definition) is 0. The molecule has 0 saturated heterocycles. The van der Waals surface area contributed by atoms with E-state index in [4.69, 9.17) is 23.2 Å². The zero-order valence-corrected chi connectivity index (χ0v) is 12.4. The molecule has 18 heavy (non-hydrogen) atoms. The van der Waals surface area contributed by atoms with Crippen molar-refractivity contribution in [2.75, 3.05) is 19.5 Å². The third kappa shape index (κ3) is 4.18. The Hall–Kier alpha value is -0.730. The number of carbonyl (C=O) groups excluding carboxylic acids is 1. The molecule has 1 aromatic rings. The van der Waals surface area contributed by atoms with Crippen molar-refractivity contribution in [1.29, 1.82) is 0 Å². The molecule has 100 valence electrons. The van der Waals surface area contributed by atoms with Crippen LogP contribution >= 0.6 is 23.2 Å². The Morgan fingerprint density at radius 1 is 1.28 bits per heavy atom. The lowest BCUT2D eigenvalue weighted by atomic mass is 10.1. The van der Waals surface area contributed by atoms with Gasteiger partial charge in [-0.15, -0.1) is 11.6 Å². The fraction of sp³-hybridized carbons (Fsp3) is 0.500. The van der Waals surface area contributed by atoms with Crippen LogP contribution in [0.4, 0.5) is 0 Å². The Bertz CT molecular complexity index is 407. The molecule has 0 heterocycles. The molecule has 0 radical (unpaired) electrons. The summed E-state index contributed by atoms with van der Waals surface area (Å²) < 4.78 is 0. The third-order valence-corrected chi connectivity index (χ3v) is 3.65. The number of nitrogens with zero attached hydrogens (tertiary/aromatic N) is 1. The van der Waals surface area contributed by atoms with Crippen LogP contribution in [0.25, 0.3) is 0 Å². The van der Waals surface area contributed by atoms with Crippen molar-refractivity contribution in [2.45, 2.75) is 26.2 Å². The highest BCUT2D eigenvalue weighted by Crippen LogP contribution is 2.19. The van der Waals surface area contributed by atoms with Gasteiger partial charge in [-0.3, -0.25) is 4.79 Å². The molecule has 2 nitrogen and oxygen atoms in total. The molecule has 0 bridgehead atoms. The van der Waals surface area contributed by atoms with Crippen LogP contribution in [0, 0.1) is 6.92 Å². The van der Waals surface area contributed by atoms with E-state index in [2.05, 4.69) is 0 Å². The summed E-state index contributed by atoms with van der Waals surface area (Å²) in [7, 11) is 1.82. The van der Waals surface area contributed by atoms with Gasteiger partial charge in [0.1, 0.15) is 0 Å². The van der Waals surface area contributed by atoms with Gasteiger partial charge in [0.05, 0.1) is 0 Å². The molecule has 0 aliphatic heterocycles. The smallest absolute Gasteiger partial charge is 0.253 e. The van der Waals surface area contributed by atoms with Crippen molar-refractivity contribution in [3.63, 3.8) is 0 Å². The van der Waals surface area contributed by atoms with Crippen LogP contribution in [0.15, 0.2) is 18.2 Å². The molecule has 0 N–H and O–H groups in total. The maximum Gasteiger partial charge on any atom is 0.253 e. The van der Waals surface area contributed by atoms with Crippen molar-refractivity contribution in [1.82, 2.24) is 4.90 Å². The fourth-order valence-electron chi connectivity index (χ4n) is 1.77. The van der Waals surface area contributed by atoms with Crippen LogP contribution in [0.5, 0.6) is 0 Å². The number of benzene rings is 1. The summed E-state index contributed by atoms with van der Waals surface area (Å²) in [5.41, 5.74) is 1.53. The van der Waals surface area contributed by atoms with Crippen molar-refractivity contribution in [2.24, 2.45) is 0 Å². The average molecular weight is 288 g/mol. The predicted molar refractivity (Wildman–Crippen MR) is 77.7 cm³/mol. The first-order valence-electron chi connectivity index (χ1n) is 6.14. The Labute approximate surface area is 119 Å². The minimum absolute atomic E-state index is 0.0286. The highest BCUT2D eigenvalue weighted by atomic mass is 35.5. The molecule has 0 aromatic heterocycles. The number of hydrogen-bond acceptors (Lipinski definition) is 1. The molecule has 0 fully saturated rings. The standard InChI is InChI=1S/C14H19Cl2NO/c1-11-12(7-6-8-13(11)16)14(18)17(2)10-5-3-4-9-15/h6-8H,3-5,9-10H2,1-2H3. The number of unbranched alkanes of at least 4 members (excludes halogenated alkanes) is 2. The van der Waals surface area contributed by atoms with Gasteiger partial charge in [-0.05, 0) is 37.5 Å². The molecule has 0 atom stereocenters. The van der Waals surface area contributed by atoms with Crippen molar-refractivity contribution >= 4 is 29.1 Å². The van der Waals surface area contributed by atoms with E-state index >= 15 is 0 Å². The lowest BCUT2D eigenvalue weighted by Gasteiger charge is -2.18. The van der Waals surface area contributed by atoms with Crippen LogP contribution in [0.2, 0.25) is 5.02 Å². The zero-order chi connectivity index (χ0) is 13.5. The summed E-state index contributed by atoms with van der Waals surface area (Å²) in [6, 6.07) is 5.43. The number of carbonyl (C=O) groups is 1. The molecular weight excluding hydrogens is 269 g/mol. The van der Waals surface area contributed by atoms with Crippen LogP contribution in [-0.2, 0) is 0 Å².